The Morgan fingerprint density at radius 3 is 2.41 bits per heavy atom. The molecule has 0 radical (unpaired) electrons. The van der Waals surface area contributed by atoms with Gasteiger partial charge in [0, 0.05) is 23.3 Å². The molecule has 1 atom stereocenters. The molecule has 3 rings (SSSR count). The number of nitrogens with one attached hydrogen (secondary N) is 3. The number of quaternary nitrogens is 1. The van der Waals surface area contributed by atoms with E-state index < -0.39 is 12.1 Å². The molecule has 1 aliphatic heterocycles. The number of rotatable bonds is 4. The van der Waals surface area contributed by atoms with Crippen LogP contribution >= 0.6 is 11.6 Å². The van der Waals surface area contributed by atoms with Gasteiger partial charge in [0.1, 0.15) is 0 Å². The van der Waals surface area contributed by atoms with Crippen LogP contribution in [0.2, 0.25) is 5.02 Å². The molecule has 3 amide bonds. The van der Waals surface area contributed by atoms with E-state index >= 15 is 0 Å². The summed E-state index contributed by atoms with van der Waals surface area (Å²) in [5, 5.41) is 5.59. The van der Waals surface area contributed by atoms with Crippen molar-refractivity contribution < 1.29 is 14.5 Å². The van der Waals surface area contributed by atoms with Crippen LogP contribution in [-0.2, 0) is 4.79 Å². The minimum absolute atomic E-state index is 0.285. The topological polar surface area (TPSA) is 65.9 Å². The molecule has 0 aromatic heterocycles. The second-order valence-electron chi connectivity index (χ2n) is 6.54. The van der Waals surface area contributed by atoms with E-state index in [4.69, 9.17) is 11.6 Å². The average Bonchev–Trinajstić information content (AvgIpc) is 2.69. The lowest BCUT2D eigenvalue weighted by atomic mass is 10.0. The Bertz CT molecular complexity index is 792. The van der Waals surface area contributed by atoms with E-state index in [1.54, 1.807) is 0 Å². The largest absolute Gasteiger partial charge is 0.360 e. The zero-order valence-electron chi connectivity index (χ0n) is 15.2. The summed E-state index contributed by atoms with van der Waals surface area (Å²) >= 11 is 6.10. The zero-order chi connectivity index (χ0) is 19.2. The molecule has 1 heterocycles. The van der Waals surface area contributed by atoms with E-state index in [0.717, 1.165) is 47.4 Å². The minimum atomic E-state index is -0.488. The van der Waals surface area contributed by atoms with Gasteiger partial charge in [0.15, 0.2) is 6.04 Å². The van der Waals surface area contributed by atoms with Crippen molar-refractivity contribution in [3.63, 3.8) is 0 Å². The van der Waals surface area contributed by atoms with Crippen LogP contribution < -0.4 is 20.4 Å². The van der Waals surface area contributed by atoms with Crippen LogP contribution in [0.3, 0.4) is 0 Å². The molecule has 6 nitrogen and oxygen atoms in total. The lowest BCUT2D eigenvalue weighted by molar-refractivity contribution is -0.922. The molecule has 27 heavy (non-hydrogen) atoms. The smallest absolute Gasteiger partial charge is 0.321 e. The maximum absolute atomic E-state index is 12.8. The van der Waals surface area contributed by atoms with Crippen molar-refractivity contribution in [3.05, 3.63) is 65.2 Å². The number of halogens is 1. The van der Waals surface area contributed by atoms with Crippen molar-refractivity contribution in [2.24, 2.45) is 0 Å². The van der Waals surface area contributed by atoms with E-state index in [1.807, 2.05) is 54.6 Å². The zero-order valence-corrected chi connectivity index (χ0v) is 16.0. The lowest BCUT2D eigenvalue weighted by Crippen LogP contribution is -3.16. The molecule has 1 fully saturated rings. The van der Waals surface area contributed by atoms with Gasteiger partial charge in [-0.05, 0) is 18.2 Å². The fourth-order valence-corrected chi connectivity index (χ4v) is 3.66. The van der Waals surface area contributed by atoms with Gasteiger partial charge in [-0.1, -0.05) is 48.0 Å². The Morgan fingerprint density at radius 2 is 1.78 bits per heavy atom. The Balaban J connectivity index is 1.74. The van der Waals surface area contributed by atoms with Gasteiger partial charge in [0.05, 0.1) is 26.2 Å². The first kappa shape index (κ1) is 19.2. The summed E-state index contributed by atoms with van der Waals surface area (Å²) < 4.78 is 0. The van der Waals surface area contributed by atoms with Crippen molar-refractivity contribution in [3.8, 4) is 0 Å². The van der Waals surface area contributed by atoms with Gasteiger partial charge in [-0.25, -0.2) is 4.79 Å². The Labute approximate surface area is 164 Å². The average molecular weight is 388 g/mol. The lowest BCUT2D eigenvalue weighted by Gasteiger charge is -2.37. The van der Waals surface area contributed by atoms with E-state index in [1.165, 1.54) is 7.05 Å². The van der Waals surface area contributed by atoms with Crippen LogP contribution in [0.1, 0.15) is 11.6 Å². The third-order valence-electron chi connectivity index (χ3n) is 4.85. The van der Waals surface area contributed by atoms with Gasteiger partial charge in [-0.15, -0.1) is 0 Å². The summed E-state index contributed by atoms with van der Waals surface area (Å²) in [6.45, 7) is 3.19. The summed E-state index contributed by atoms with van der Waals surface area (Å²) in [4.78, 5) is 27.8. The third kappa shape index (κ3) is 4.78. The van der Waals surface area contributed by atoms with E-state index in [-0.39, 0.29) is 5.91 Å². The van der Waals surface area contributed by atoms with E-state index in [2.05, 4.69) is 15.5 Å². The van der Waals surface area contributed by atoms with Gasteiger partial charge in [0.25, 0.3) is 5.91 Å². The number of carbonyl (C=O) groups is 2. The number of imide groups is 1. The fraction of sp³-hybridized carbons (Fsp3) is 0.300. The van der Waals surface area contributed by atoms with Gasteiger partial charge >= 0.3 is 6.03 Å². The summed E-state index contributed by atoms with van der Waals surface area (Å²) in [7, 11) is 1.50. The number of urea groups is 1. The quantitative estimate of drug-likeness (QED) is 0.739. The second kappa shape index (κ2) is 8.88. The molecular formula is C20H24ClN4O2+. The molecule has 1 saturated heterocycles. The van der Waals surface area contributed by atoms with Crippen LogP contribution in [0.25, 0.3) is 0 Å². The van der Waals surface area contributed by atoms with Crippen LogP contribution in [0.4, 0.5) is 10.5 Å². The second-order valence-corrected chi connectivity index (χ2v) is 6.97. The number of hydrogen-bond acceptors (Lipinski definition) is 3. The number of amides is 3. The standard InChI is InChI=1S/C20H23ClN4O2/c1-22-20(27)23-19(26)18(15-6-3-2-4-7-15)25-12-10-24(11-13-25)17-9-5-8-16(21)14-17/h2-9,14,18H,10-13H2,1H3,(H2,22,23,26,27)/p+1/t18-/m0/s1. The molecule has 142 valence electrons. The molecular weight excluding hydrogens is 364 g/mol. The number of carbonyl (C=O) groups excluding carboxylic acids is 2. The molecule has 0 spiro atoms. The molecule has 0 bridgehead atoms. The summed E-state index contributed by atoms with van der Waals surface area (Å²) in [5.41, 5.74) is 2.00. The predicted octanol–water partition coefficient (Wildman–Crippen LogP) is 1.24. The molecule has 2 aromatic carbocycles. The third-order valence-corrected chi connectivity index (χ3v) is 5.08. The highest BCUT2D eigenvalue weighted by molar-refractivity contribution is 6.30. The normalized spacial score (nSPS) is 15.9. The maximum atomic E-state index is 12.8. The van der Waals surface area contributed by atoms with Crippen LogP contribution in [-0.4, -0.2) is 45.2 Å². The molecule has 0 aliphatic carbocycles. The number of nitrogens with zero attached hydrogens (tertiary/aromatic N) is 1. The predicted molar refractivity (Wildman–Crippen MR) is 106 cm³/mol. The summed E-state index contributed by atoms with van der Waals surface area (Å²) in [6, 6.07) is 16.5. The number of hydrogen-bond donors (Lipinski definition) is 3. The van der Waals surface area contributed by atoms with E-state index in [0.29, 0.717) is 0 Å². The molecule has 0 unspecified atom stereocenters. The molecule has 1 aliphatic rings. The summed E-state index contributed by atoms with van der Waals surface area (Å²) in [5.74, 6) is -0.285. The first-order valence-electron chi connectivity index (χ1n) is 9.01. The van der Waals surface area contributed by atoms with Crippen LogP contribution in [0.5, 0.6) is 0 Å². The minimum Gasteiger partial charge on any atom is -0.360 e. The highest BCUT2D eigenvalue weighted by Crippen LogP contribution is 2.19. The van der Waals surface area contributed by atoms with Crippen LogP contribution in [0, 0.1) is 0 Å². The monoisotopic (exact) mass is 387 g/mol. The SMILES string of the molecule is CNC(=O)NC(=O)[C@H](c1ccccc1)[NH+]1CCN(c2cccc(Cl)c2)CC1. The van der Waals surface area contributed by atoms with Crippen molar-refractivity contribution in [1.29, 1.82) is 0 Å². The van der Waals surface area contributed by atoms with Crippen molar-refractivity contribution >= 4 is 29.2 Å². The van der Waals surface area contributed by atoms with Crippen molar-refractivity contribution in [2.75, 3.05) is 38.1 Å². The Hall–Kier alpha value is -2.57. The van der Waals surface area contributed by atoms with E-state index in [9.17, 15) is 9.59 Å². The summed E-state index contributed by atoms with van der Waals surface area (Å²) in [6.07, 6.45) is 0. The molecule has 0 saturated carbocycles. The van der Waals surface area contributed by atoms with Crippen LogP contribution in [0.15, 0.2) is 54.6 Å². The van der Waals surface area contributed by atoms with Gasteiger partial charge in [-0.3, -0.25) is 10.1 Å². The molecule has 3 N–H and O–H groups in total. The Kier molecular flexibility index (Phi) is 6.32. The highest BCUT2D eigenvalue weighted by Gasteiger charge is 2.35. The number of piperazine rings is 1. The first-order valence-corrected chi connectivity index (χ1v) is 9.39. The van der Waals surface area contributed by atoms with Gasteiger partial charge < -0.3 is 15.1 Å². The number of anilines is 1. The van der Waals surface area contributed by atoms with Crippen molar-refractivity contribution in [2.45, 2.75) is 6.04 Å². The van der Waals surface area contributed by atoms with Gasteiger partial charge in [0.2, 0.25) is 0 Å². The number of benzene rings is 2. The molecule has 2 aromatic rings. The fourth-order valence-electron chi connectivity index (χ4n) is 3.48. The first-order chi connectivity index (χ1) is 13.1. The molecule has 7 heteroatoms. The highest BCUT2D eigenvalue weighted by atomic mass is 35.5. The maximum Gasteiger partial charge on any atom is 0.321 e. The van der Waals surface area contributed by atoms with Crippen molar-refractivity contribution in [1.82, 2.24) is 10.6 Å². The Morgan fingerprint density at radius 1 is 1.07 bits per heavy atom. The van der Waals surface area contributed by atoms with Gasteiger partial charge in [-0.2, -0.15) is 0 Å².